The van der Waals surface area contributed by atoms with Crippen molar-refractivity contribution in [2.75, 3.05) is 65.6 Å². The lowest BCUT2D eigenvalue weighted by Gasteiger charge is -2.56. The van der Waals surface area contributed by atoms with E-state index in [0.29, 0.717) is 68.5 Å². The summed E-state index contributed by atoms with van der Waals surface area (Å²) >= 11 is 0. The van der Waals surface area contributed by atoms with Gasteiger partial charge in [-0.3, -0.25) is 9.59 Å². The van der Waals surface area contributed by atoms with Gasteiger partial charge in [0.1, 0.15) is 6.54 Å². The van der Waals surface area contributed by atoms with Crippen molar-refractivity contribution in [2.45, 2.75) is 182 Å². The highest BCUT2D eigenvalue weighted by Crippen LogP contribution is 2.60. The first-order chi connectivity index (χ1) is 28.4. The summed E-state index contributed by atoms with van der Waals surface area (Å²) in [6, 6.07) is 0. The second kappa shape index (κ2) is 27.5. The number of ether oxygens (including phenoxy) is 3. The molecule has 6 N–H and O–H groups in total. The fourth-order valence-corrected chi connectivity index (χ4v) is 11.5. The number of carbonyl (C=O) groups is 2. The third kappa shape index (κ3) is 15.6. The van der Waals surface area contributed by atoms with Gasteiger partial charge in [-0.15, -0.1) is 6.58 Å². The van der Waals surface area contributed by atoms with Gasteiger partial charge < -0.3 is 41.2 Å². The van der Waals surface area contributed by atoms with Gasteiger partial charge in [-0.05, 0) is 150 Å². The molecule has 0 aromatic rings. The van der Waals surface area contributed by atoms with Crippen LogP contribution in [0.2, 0.25) is 0 Å². The van der Waals surface area contributed by atoms with Gasteiger partial charge in [0.15, 0.2) is 0 Å². The lowest BCUT2D eigenvalue weighted by Crippen LogP contribution is -2.52. The lowest BCUT2D eigenvalue weighted by atomic mass is 9.52. The zero-order valence-electron chi connectivity index (χ0n) is 39.1. The summed E-state index contributed by atoms with van der Waals surface area (Å²) in [6.45, 7) is 23.8. The Labute approximate surface area is 362 Å². The average Bonchev–Trinajstić information content (AvgIpc) is 3.52. The molecule has 0 heterocycles. The van der Waals surface area contributed by atoms with E-state index < -0.39 is 0 Å². The van der Waals surface area contributed by atoms with Crippen LogP contribution in [0.4, 0.5) is 0 Å². The molecule has 10 atom stereocenters. The molecule has 344 valence electrons. The minimum Gasteiger partial charge on any atom is -0.378 e. The monoisotopic (exact) mass is 832 g/mol. The maximum atomic E-state index is 13.7. The Morgan fingerprint density at radius 2 is 1.44 bits per heavy atom. The summed E-state index contributed by atoms with van der Waals surface area (Å²) in [5.74, 6) is 2.58. The van der Waals surface area contributed by atoms with Crippen LogP contribution in [0.15, 0.2) is 12.7 Å². The molecule has 3 saturated carbocycles. The smallest absolute Gasteiger partial charge is 0.242 e. The van der Waals surface area contributed by atoms with Gasteiger partial charge in [0, 0.05) is 46.4 Å². The number of fused-ring (bicyclic) bond motifs is 1. The summed E-state index contributed by atoms with van der Waals surface area (Å²) in [6.07, 6.45) is 23.2. The van der Waals surface area contributed by atoms with Crippen molar-refractivity contribution >= 4 is 11.8 Å². The number of hydrogen-bond donors (Lipinski definition) is 3. The summed E-state index contributed by atoms with van der Waals surface area (Å²) in [5, 5.41) is 0. The number of amides is 2. The van der Waals surface area contributed by atoms with E-state index in [-0.39, 0.29) is 41.4 Å². The van der Waals surface area contributed by atoms with E-state index in [1.807, 2.05) is 4.90 Å². The first-order valence-electron chi connectivity index (χ1n) is 24.5. The molecule has 2 amide bonds. The van der Waals surface area contributed by atoms with Crippen LogP contribution in [0.25, 0.3) is 0 Å². The number of nitrogens with two attached hydrogens (primary N) is 3. The van der Waals surface area contributed by atoms with E-state index in [2.05, 4.69) is 41.2 Å². The van der Waals surface area contributed by atoms with Gasteiger partial charge in [-0.25, -0.2) is 0 Å². The molecule has 3 rings (SSSR count). The van der Waals surface area contributed by atoms with Crippen molar-refractivity contribution in [1.82, 2.24) is 9.80 Å². The molecular formula is C49H93N5O5. The molecule has 0 aromatic carbocycles. The molecule has 3 fully saturated rings. The van der Waals surface area contributed by atoms with E-state index in [1.165, 1.54) is 51.9 Å². The Balaban J connectivity index is 1.80. The quantitative estimate of drug-likeness (QED) is 0.0466. The van der Waals surface area contributed by atoms with Crippen LogP contribution in [0.5, 0.6) is 0 Å². The van der Waals surface area contributed by atoms with Gasteiger partial charge in [0.05, 0.1) is 18.3 Å². The third-order valence-corrected chi connectivity index (χ3v) is 15.6. The molecule has 10 heteroatoms. The Bertz CT molecular complexity index is 1190. The van der Waals surface area contributed by atoms with Crippen molar-refractivity contribution < 1.29 is 23.8 Å². The minimum absolute atomic E-state index is 0.0242. The molecule has 3 aliphatic rings. The minimum atomic E-state index is -0.0864. The maximum Gasteiger partial charge on any atom is 0.242 e. The Morgan fingerprint density at radius 3 is 2.10 bits per heavy atom. The fraction of sp³-hybridized carbons (Fsp3) is 0.918. The Kier molecular flexibility index (Phi) is 24.1. The number of rotatable bonds is 31. The van der Waals surface area contributed by atoms with Crippen LogP contribution in [-0.2, 0) is 23.8 Å². The first-order valence-corrected chi connectivity index (χ1v) is 24.5. The van der Waals surface area contributed by atoms with Crippen molar-refractivity contribution in [3.8, 4) is 0 Å². The van der Waals surface area contributed by atoms with Gasteiger partial charge in [0.2, 0.25) is 11.8 Å². The topological polar surface area (TPSA) is 146 Å². The van der Waals surface area contributed by atoms with Crippen LogP contribution in [0.1, 0.15) is 164 Å². The second-order valence-corrected chi connectivity index (χ2v) is 19.6. The van der Waals surface area contributed by atoms with E-state index in [1.54, 1.807) is 11.0 Å². The highest BCUT2D eigenvalue weighted by atomic mass is 16.5. The average molecular weight is 832 g/mol. The highest BCUT2D eigenvalue weighted by Gasteiger charge is 2.55. The zero-order valence-corrected chi connectivity index (χ0v) is 39.1. The van der Waals surface area contributed by atoms with Crippen molar-refractivity contribution in [1.29, 1.82) is 0 Å². The molecule has 3 aliphatic carbocycles. The van der Waals surface area contributed by atoms with Crippen molar-refractivity contribution in [3.63, 3.8) is 0 Å². The fourth-order valence-electron chi connectivity index (χ4n) is 11.5. The van der Waals surface area contributed by atoms with E-state index >= 15 is 0 Å². The predicted molar refractivity (Wildman–Crippen MR) is 244 cm³/mol. The number of nitrogens with zero attached hydrogens (tertiary/aromatic N) is 2. The second-order valence-electron chi connectivity index (χ2n) is 19.6. The molecule has 0 aliphatic heterocycles. The van der Waals surface area contributed by atoms with Crippen molar-refractivity contribution in [3.05, 3.63) is 12.7 Å². The zero-order chi connectivity index (χ0) is 43.3. The first kappa shape index (κ1) is 51.8. The van der Waals surface area contributed by atoms with Gasteiger partial charge in [0.25, 0.3) is 0 Å². The molecule has 0 bridgehead atoms. The number of hydrogen-bond acceptors (Lipinski definition) is 8. The summed E-state index contributed by atoms with van der Waals surface area (Å²) in [4.78, 5) is 29.7. The largest absolute Gasteiger partial charge is 0.378 e. The molecular weight excluding hydrogens is 739 g/mol. The third-order valence-electron chi connectivity index (χ3n) is 15.6. The van der Waals surface area contributed by atoms with Gasteiger partial charge in [-0.1, -0.05) is 72.8 Å². The van der Waals surface area contributed by atoms with Crippen LogP contribution in [0.3, 0.4) is 0 Å². The summed E-state index contributed by atoms with van der Waals surface area (Å²) < 4.78 is 20.2. The number of carbonyl (C=O) groups excluding carboxylic acids is 2. The molecule has 59 heavy (non-hydrogen) atoms. The lowest BCUT2D eigenvalue weighted by molar-refractivity contribution is -0.146. The van der Waals surface area contributed by atoms with E-state index in [0.717, 1.165) is 103 Å². The molecule has 3 unspecified atom stereocenters. The summed E-state index contributed by atoms with van der Waals surface area (Å²) in [5.41, 5.74) is 18.0. The standard InChI is InChI=1S/C49H93N5O5/c1-8-10-11-12-13-14-28-53(47(56)37-54(27-9-2)40(5)55)29-15-19-38(3)45-21-20-39(4)49(45,7)46(59-32-18-26-52)36-42-35-44(58-31-17-25-51)34-41-33-43(57-30-16-24-50)22-23-48(41,42)6/h9,38-39,41-46H,2,8,10-37,50-52H2,1,3-7H3/t38-,39-,41?,42-,43-,44-,45-,46+,48?,49?/m1/s1. The molecule has 0 saturated heterocycles. The molecule has 0 aromatic heterocycles. The predicted octanol–water partition coefficient (Wildman–Crippen LogP) is 8.49. The van der Waals surface area contributed by atoms with Crippen molar-refractivity contribution in [2.24, 2.45) is 57.6 Å². The van der Waals surface area contributed by atoms with E-state index in [4.69, 9.17) is 31.4 Å². The molecule has 10 nitrogen and oxygen atoms in total. The maximum absolute atomic E-state index is 13.7. The molecule has 0 spiro atoms. The highest BCUT2D eigenvalue weighted by molar-refractivity contribution is 5.84. The van der Waals surface area contributed by atoms with Crippen LogP contribution in [0, 0.1) is 40.4 Å². The van der Waals surface area contributed by atoms with Gasteiger partial charge >= 0.3 is 0 Å². The molecule has 0 radical (unpaired) electrons. The Morgan fingerprint density at radius 1 is 0.814 bits per heavy atom. The van der Waals surface area contributed by atoms with Crippen LogP contribution < -0.4 is 17.2 Å². The Hall–Kier alpha value is -1.56. The SMILES string of the molecule is C=CCN(CC(=O)N(CCCCCCCC)CCC[C@@H](C)[C@H]1CC[C@@H](C)C1(C)[C@H](C[C@H]1C[C@H](OCCCN)CC2C[C@H](OCCCN)CCC21C)OCCCN)C(C)=O. The van der Waals surface area contributed by atoms with Crippen LogP contribution in [-0.4, -0.2) is 106 Å². The number of unbranched alkanes of at least 4 members (excludes halogenated alkanes) is 5. The van der Waals surface area contributed by atoms with Crippen LogP contribution >= 0.6 is 0 Å². The van der Waals surface area contributed by atoms with E-state index in [9.17, 15) is 9.59 Å². The van der Waals surface area contributed by atoms with Gasteiger partial charge in [-0.2, -0.15) is 0 Å². The summed E-state index contributed by atoms with van der Waals surface area (Å²) in [7, 11) is 0. The normalized spacial score (nSPS) is 29.2.